The van der Waals surface area contributed by atoms with Crippen molar-refractivity contribution < 1.29 is 0 Å². The highest BCUT2D eigenvalue weighted by Gasteiger charge is 2.49. The molecule has 2 heterocycles. The minimum absolute atomic E-state index is 0.319. The molecule has 0 amide bonds. The molecule has 1 saturated heterocycles. The van der Waals surface area contributed by atoms with Crippen LogP contribution in [0, 0.1) is 11.3 Å². The average Bonchev–Trinajstić information content (AvgIpc) is 3.16. The molecular formula is C17H27BrN2S. The van der Waals surface area contributed by atoms with Crippen LogP contribution in [0.3, 0.4) is 0 Å². The van der Waals surface area contributed by atoms with E-state index in [1.807, 2.05) is 11.3 Å². The van der Waals surface area contributed by atoms with Gasteiger partial charge in [-0.3, -0.25) is 4.90 Å². The summed E-state index contributed by atoms with van der Waals surface area (Å²) in [6.07, 6.45) is 2.81. The number of halogens is 1. The van der Waals surface area contributed by atoms with Crippen LogP contribution in [0.5, 0.6) is 0 Å². The van der Waals surface area contributed by atoms with E-state index in [1.165, 1.54) is 22.2 Å². The van der Waals surface area contributed by atoms with E-state index >= 15 is 0 Å². The van der Waals surface area contributed by atoms with Crippen LogP contribution < -0.4 is 5.32 Å². The van der Waals surface area contributed by atoms with Crippen LogP contribution in [0.15, 0.2) is 15.9 Å². The van der Waals surface area contributed by atoms with Crippen LogP contribution in [0.1, 0.15) is 45.4 Å². The molecule has 2 nitrogen and oxygen atoms in total. The van der Waals surface area contributed by atoms with E-state index in [4.69, 9.17) is 0 Å². The minimum atomic E-state index is 0.319. The largest absolute Gasteiger partial charge is 0.310 e. The number of hydrogen-bond donors (Lipinski definition) is 1. The van der Waals surface area contributed by atoms with Crippen molar-refractivity contribution in [1.82, 2.24) is 10.2 Å². The summed E-state index contributed by atoms with van der Waals surface area (Å²) in [6, 6.07) is 2.86. The number of hydrogen-bond acceptors (Lipinski definition) is 3. The molecule has 21 heavy (non-hydrogen) atoms. The van der Waals surface area contributed by atoms with E-state index in [0.717, 1.165) is 25.6 Å². The standard InChI is InChI=1S/C17H27BrN2S/c1-16(2,3)15-9-20(8-14-7-13(18)10-21-14)17(4,11-19-15)12-5-6-12/h7,10,12,15,19H,5-6,8-9,11H2,1-4H3. The highest BCUT2D eigenvalue weighted by Crippen LogP contribution is 2.45. The Morgan fingerprint density at radius 1 is 1.43 bits per heavy atom. The van der Waals surface area contributed by atoms with Crippen molar-refractivity contribution in [3.05, 3.63) is 20.8 Å². The topological polar surface area (TPSA) is 15.3 Å². The summed E-state index contributed by atoms with van der Waals surface area (Å²) < 4.78 is 1.22. The maximum absolute atomic E-state index is 3.84. The maximum Gasteiger partial charge on any atom is 0.0338 e. The van der Waals surface area contributed by atoms with Gasteiger partial charge >= 0.3 is 0 Å². The molecule has 0 aromatic carbocycles. The Hall–Kier alpha value is 0.1000. The van der Waals surface area contributed by atoms with Gasteiger partial charge in [0.25, 0.3) is 0 Å². The Balaban J connectivity index is 1.79. The van der Waals surface area contributed by atoms with Gasteiger partial charge in [-0.05, 0) is 53.1 Å². The molecule has 0 bridgehead atoms. The van der Waals surface area contributed by atoms with Crippen molar-refractivity contribution in [2.75, 3.05) is 13.1 Å². The Bertz CT molecular complexity index is 503. The van der Waals surface area contributed by atoms with E-state index in [-0.39, 0.29) is 0 Å². The maximum atomic E-state index is 3.84. The first-order valence-electron chi connectivity index (χ1n) is 8.00. The third-order valence-electron chi connectivity index (χ3n) is 5.30. The minimum Gasteiger partial charge on any atom is -0.310 e. The predicted octanol–water partition coefficient (Wildman–Crippen LogP) is 4.50. The summed E-state index contributed by atoms with van der Waals surface area (Å²) in [5.41, 5.74) is 0.650. The molecule has 0 spiro atoms. The quantitative estimate of drug-likeness (QED) is 0.842. The molecule has 2 atom stereocenters. The molecule has 1 aliphatic carbocycles. The molecule has 1 N–H and O–H groups in total. The SMILES string of the molecule is CC(C)(C)C1CN(Cc2cc(Br)cs2)C(C)(C2CC2)CN1. The van der Waals surface area contributed by atoms with E-state index in [0.29, 0.717) is 17.0 Å². The van der Waals surface area contributed by atoms with Gasteiger partial charge in [-0.1, -0.05) is 20.8 Å². The second-order valence-corrected chi connectivity index (χ2v) is 9.95. The summed E-state index contributed by atoms with van der Waals surface area (Å²) in [4.78, 5) is 4.23. The molecule has 2 aliphatic rings. The summed E-state index contributed by atoms with van der Waals surface area (Å²) in [5, 5.41) is 6.05. The van der Waals surface area contributed by atoms with Gasteiger partial charge in [-0.15, -0.1) is 11.3 Å². The van der Waals surface area contributed by atoms with E-state index in [1.54, 1.807) is 0 Å². The van der Waals surface area contributed by atoms with E-state index < -0.39 is 0 Å². The second-order valence-electron chi connectivity index (χ2n) is 8.04. The Kier molecular flexibility index (Phi) is 4.28. The normalized spacial score (nSPS) is 31.6. The first-order valence-corrected chi connectivity index (χ1v) is 9.67. The fraction of sp³-hybridized carbons (Fsp3) is 0.765. The lowest BCUT2D eigenvalue weighted by molar-refractivity contribution is 0.00488. The smallest absolute Gasteiger partial charge is 0.0338 e. The van der Waals surface area contributed by atoms with Crippen LogP contribution in [-0.4, -0.2) is 29.6 Å². The lowest BCUT2D eigenvalue weighted by Crippen LogP contribution is -2.66. The third-order valence-corrected chi connectivity index (χ3v) is 6.98. The van der Waals surface area contributed by atoms with Crippen LogP contribution in [-0.2, 0) is 6.54 Å². The molecular weight excluding hydrogens is 344 g/mol. The summed E-state index contributed by atoms with van der Waals surface area (Å²) in [6.45, 7) is 12.9. The van der Waals surface area contributed by atoms with Crippen molar-refractivity contribution in [3.63, 3.8) is 0 Å². The van der Waals surface area contributed by atoms with Gasteiger partial charge in [0.15, 0.2) is 0 Å². The Morgan fingerprint density at radius 2 is 2.14 bits per heavy atom. The summed E-state index contributed by atoms with van der Waals surface area (Å²) in [5.74, 6) is 0.884. The molecule has 1 aromatic heterocycles. The molecule has 2 fully saturated rings. The van der Waals surface area contributed by atoms with Crippen LogP contribution in [0.4, 0.5) is 0 Å². The van der Waals surface area contributed by atoms with Gasteiger partial charge in [0.05, 0.1) is 0 Å². The van der Waals surface area contributed by atoms with Crippen molar-refractivity contribution >= 4 is 27.3 Å². The highest BCUT2D eigenvalue weighted by molar-refractivity contribution is 9.10. The number of piperazine rings is 1. The van der Waals surface area contributed by atoms with Crippen LogP contribution in [0.2, 0.25) is 0 Å². The zero-order chi connectivity index (χ0) is 15.3. The van der Waals surface area contributed by atoms with Crippen molar-refractivity contribution in [3.8, 4) is 0 Å². The van der Waals surface area contributed by atoms with Gasteiger partial charge < -0.3 is 5.32 Å². The number of rotatable bonds is 3. The lowest BCUT2D eigenvalue weighted by Gasteiger charge is -2.51. The van der Waals surface area contributed by atoms with Gasteiger partial charge in [0.2, 0.25) is 0 Å². The molecule has 4 heteroatoms. The van der Waals surface area contributed by atoms with Crippen molar-refractivity contribution in [1.29, 1.82) is 0 Å². The number of nitrogens with zero attached hydrogens (tertiary/aromatic N) is 1. The van der Waals surface area contributed by atoms with Gasteiger partial charge in [-0.2, -0.15) is 0 Å². The van der Waals surface area contributed by atoms with E-state index in [2.05, 4.69) is 65.3 Å². The number of nitrogens with one attached hydrogen (secondary N) is 1. The Labute approximate surface area is 141 Å². The zero-order valence-corrected chi connectivity index (χ0v) is 16.0. The molecule has 1 aromatic rings. The first kappa shape index (κ1) is 16.0. The monoisotopic (exact) mass is 370 g/mol. The second kappa shape index (κ2) is 5.63. The van der Waals surface area contributed by atoms with Crippen molar-refractivity contribution in [2.45, 2.75) is 58.7 Å². The van der Waals surface area contributed by atoms with Crippen LogP contribution >= 0.6 is 27.3 Å². The van der Waals surface area contributed by atoms with Gasteiger partial charge in [0, 0.05) is 45.9 Å². The molecule has 1 aliphatic heterocycles. The van der Waals surface area contributed by atoms with Gasteiger partial charge in [0.1, 0.15) is 0 Å². The van der Waals surface area contributed by atoms with Crippen molar-refractivity contribution in [2.24, 2.45) is 11.3 Å². The van der Waals surface area contributed by atoms with Crippen LogP contribution in [0.25, 0.3) is 0 Å². The fourth-order valence-corrected chi connectivity index (χ4v) is 4.96. The highest BCUT2D eigenvalue weighted by atomic mass is 79.9. The fourth-order valence-electron chi connectivity index (χ4n) is 3.49. The molecule has 118 valence electrons. The molecule has 2 unspecified atom stereocenters. The molecule has 0 radical (unpaired) electrons. The van der Waals surface area contributed by atoms with Gasteiger partial charge in [-0.25, -0.2) is 0 Å². The van der Waals surface area contributed by atoms with E-state index in [9.17, 15) is 0 Å². The first-order chi connectivity index (χ1) is 9.79. The molecule has 3 rings (SSSR count). The zero-order valence-electron chi connectivity index (χ0n) is 13.6. The predicted molar refractivity (Wildman–Crippen MR) is 94.8 cm³/mol. The number of thiophene rings is 1. The molecule has 1 saturated carbocycles. The third kappa shape index (κ3) is 3.39. The lowest BCUT2D eigenvalue weighted by atomic mass is 9.81. The summed E-state index contributed by atoms with van der Waals surface area (Å²) >= 11 is 5.47. The summed E-state index contributed by atoms with van der Waals surface area (Å²) in [7, 11) is 0. The Morgan fingerprint density at radius 3 is 2.67 bits per heavy atom. The average molecular weight is 371 g/mol.